The van der Waals surface area contributed by atoms with Gasteiger partial charge in [0.15, 0.2) is 5.82 Å². The molecule has 178 valence electrons. The number of carbonyl (C=O) groups is 2. The van der Waals surface area contributed by atoms with Crippen LogP contribution >= 0.6 is 0 Å². The van der Waals surface area contributed by atoms with E-state index in [0.717, 1.165) is 37.2 Å². The lowest BCUT2D eigenvalue weighted by molar-refractivity contribution is -0.241. The van der Waals surface area contributed by atoms with Gasteiger partial charge in [0.1, 0.15) is 6.04 Å². The van der Waals surface area contributed by atoms with E-state index < -0.39 is 24.1 Å². The second kappa shape index (κ2) is 9.50. The van der Waals surface area contributed by atoms with Gasteiger partial charge in [0.05, 0.1) is 0 Å². The molecule has 2 atom stereocenters. The summed E-state index contributed by atoms with van der Waals surface area (Å²) in [5, 5.41) is 7.40. The van der Waals surface area contributed by atoms with Crippen LogP contribution < -0.4 is 5.32 Å². The molecular weight excluding hydrogens is 441 g/mol. The Balaban J connectivity index is 1.50. The zero-order valence-electron chi connectivity index (χ0n) is 18.1. The molecule has 2 aliphatic rings. The minimum atomic E-state index is -5.13. The number of nitrogens with zero attached hydrogens (tertiary/aromatic N) is 3. The number of hydrogen-bond donors (Lipinski definition) is 1. The summed E-state index contributed by atoms with van der Waals surface area (Å²) in [7, 11) is 0. The Morgan fingerprint density at radius 1 is 1.12 bits per heavy atom. The number of hydroxylamine groups is 2. The average Bonchev–Trinajstić information content (AvgIpc) is 3.40. The summed E-state index contributed by atoms with van der Waals surface area (Å²) < 4.78 is 43.5. The molecule has 1 aliphatic carbocycles. The SMILES string of the molecule is Cc1noc(-c2ccc(NC(=O)[C@@H]3[C@H](C4CCCCC4)CCN3OC(=O)C(F)(F)F)cc2)n1. The molecule has 4 rings (SSSR count). The van der Waals surface area contributed by atoms with Crippen LogP contribution in [0.5, 0.6) is 0 Å². The average molecular weight is 466 g/mol. The molecule has 0 radical (unpaired) electrons. The third kappa shape index (κ3) is 5.35. The number of hydrogen-bond acceptors (Lipinski definition) is 7. The highest BCUT2D eigenvalue weighted by atomic mass is 19.4. The fourth-order valence-electron chi connectivity index (χ4n) is 4.76. The van der Waals surface area contributed by atoms with E-state index >= 15 is 0 Å². The van der Waals surface area contributed by atoms with Crippen LogP contribution in [0.1, 0.15) is 44.3 Å². The van der Waals surface area contributed by atoms with E-state index in [2.05, 4.69) is 20.3 Å². The van der Waals surface area contributed by atoms with Crippen molar-refractivity contribution in [2.24, 2.45) is 11.8 Å². The predicted molar refractivity (Wildman–Crippen MR) is 110 cm³/mol. The summed E-state index contributed by atoms with van der Waals surface area (Å²) in [4.78, 5) is 33.4. The molecule has 1 aromatic carbocycles. The highest BCUT2D eigenvalue weighted by Crippen LogP contribution is 2.40. The number of aryl methyl sites for hydroxylation is 1. The zero-order chi connectivity index (χ0) is 23.6. The predicted octanol–water partition coefficient (Wildman–Crippen LogP) is 4.27. The van der Waals surface area contributed by atoms with Crippen LogP contribution in [0.25, 0.3) is 11.5 Å². The molecule has 1 aromatic heterocycles. The molecule has 0 bridgehead atoms. The Kier molecular flexibility index (Phi) is 6.68. The molecule has 2 aromatic rings. The van der Waals surface area contributed by atoms with Gasteiger partial charge < -0.3 is 14.7 Å². The second-order valence-electron chi connectivity index (χ2n) is 8.53. The van der Waals surface area contributed by atoms with Gasteiger partial charge in [0.2, 0.25) is 5.91 Å². The quantitative estimate of drug-likeness (QED) is 0.703. The maximum atomic E-state index is 13.2. The van der Waals surface area contributed by atoms with Crippen LogP contribution in [-0.4, -0.2) is 45.8 Å². The van der Waals surface area contributed by atoms with Crippen molar-refractivity contribution in [2.75, 3.05) is 11.9 Å². The Hall–Kier alpha value is -2.95. The minimum Gasteiger partial charge on any atom is -0.360 e. The van der Waals surface area contributed by atoms with Gasteiger partial charge in [0.25, 0.3) is 5.89 Å². The summed E-state index contributed by atoms with van der Waals surface area (Å²) in [6.07, 6.45) is 0.333. The summed E-state index contributed by atoms with van der Waals surface area (Å²) in [5.74, 6) is -1.97. The number of rotatable bonds is 5. The van der Waals surface area contributed by atoms with E-state index in [-0.39, 0.29) is 18.4 Å². The van der Waals surface area contributed by atoms with Gasteiger partial charge in [-0.25, -0.2) is 4.79 Å². The van der Waals surface area contributed by atoms with E-state index in [1.54, 1.807) is 31.2 Å². The monoisotopic (exact) mass is 466 g/mol. The Morgan fingerprint density at radius 2 is 1.82 bits per heavy atom. The molecule has 1 aliphatic heterocycles. The van der Waals surface area contributed by atoms with Gasteiger partial charge in [-0.1, -0.05) is 37.3 Å². The fraction of sp³-hybridized carbons (Fsp3) is 0.545. The smallest absolute Gasteiger partial charge is 0.360 e. The van der Waals surface area contributed by atoms with Crippen LogP contribution in [0, 0.1) is 18.8 Å². The first-order chi connectivity index (χ1) is 15.7. The fourth-order valence-corrected chi connectivity index (χ4v) is 4.76. The molecule has 11 heteroatoms. The molecule has 1 saturated carbocycles. The van der Waals surface area contributed by atoms with Crippen molar-refractivity contribution < 1.29 is 32.1 Å². The van der Waals surface area contributed by atoms with Crippen molar-refractivity contribution in [3.63, 3.8) is 0 Å². The number of halogens is 3. The Morgan fingerprint density at radius 3 is 2.42 bits per heavy atom. The molecule has 1 saturated heterocycles. The topological polar surface area (TPSA) is 97.6 Å². The first-order valence-electron chi connectivity index (χ1n) is 11.0. The molecular formula is C22H25F3N4O4. The lowest BCUT2D eigenvalue weighted by Gasteiger charge is -2.32. The molecule has 8 nitrogen and oxygen atoms in total. The van der Waals surface area contributed by atoms with Crippen LogP contribution in [0.2, 0.25) is 0 Å². The first-order valence-corrected chi connectivity index (χ1v) is 11.0. The van der Waals surface area contributed by atoms with Crippen molar-refractivity contribution >= 4 is 17.6 Å². The van der Waals surface area contributed by atoms with Crippen LogP contribution in [0.3, 0.4) is 0 Å². The number of amides is 1. The minimum absolute atomic E-state index is 0.0799. The number of anilines is 1. The molecule has 2 heterocycles. The summed E-state index contributed by atoms with van der Waals surface area (Å²) in [6, 6.07) is 5.68. The summed E-state index contributed by atoms with van der Waals surface area (Å²) >= 11 is 0. The largest absolute Gasteiger partial charge is 0.492 e. The van der Waals surface area contributed by atoms with Gasteiger partial charge in [-0.15, -0.1) is 5.06 Å². The number of carbonyl (C=O) groups excluding carboxylic acids is 2. The second-order valence-corrected chi connectivity index (χ2v) is 8.53. The van der Waals surface area contributed by atoms with E-state index in [0.29, 0.717) is 29.4 Å². The van der Waals surface area contributed by atoms with Crippen molar-refractivity contribution in [3.05, 3.63) is 30.1 Å². The number of aromatic nitrogens is 2. The van der Waals surface area contributed by atoms with Gasteiger partial charge in [0, 0.05) is 17.8 Å². The van der Waals surface area contributed by atoms with Crippen LogP contribution in [-0.2, 0) is 14.4 Å². The molecule has 33 heavy (non-hydrogen) atoms. The van der Waals surface area contributed by atoms with E-state index in [1.807, 2.05) is 0 Å². The van der Waals surface area contributed by atoms with E-state index in [4.69, 9.17) is 4.52 Å². The standard InChI is InChI=1S/C22H25F3N4O4/c1-13-26-20(32-28-13)15-7-9-16(10-8-15)27-19(30)18-17(14-5-3-2-4-6-14)11-12-29(18)33-21(31)22(23,24)25/h7-10,14,17-18H,2-6,11-12H2,1H3,(H,27,30)/t17-,18-/m0/s1. The maximum Gasteiger partial charge on any atom is 0.492 e. The third-order valence-electron chi connectivity index (χ3n) is 6.28. The number of nitrogens with one attached hydrogen (secondary N) is 1. The first kappa shape index (κ1) is 23.2. The number of alkyl halides is 3. The lowest BCUT2D eigenvalue weighted by atomic mass is 9.76. The van der Waals surface area contributed by atoms with E-state index in [9.17, 15) is 22.8 Å². The van der Waals surface area contributed by atoms with Crippen molar-refractivity contribution in [1.82, 2.24) is 15.2 Å². The van der Waals surface area contributed by atoms with Crippen molar-refractivity contribution in [2.45, 2.75) is 57.7 Å². The van der Waals surface area contributed by atoms with Gasteiger partial charge >= 0.3 is 12.1 Å². The normalized spacial score (nSPS) is 22.3. The highest BCUT2D eigenvalue weighted by Gasteiger charge is 2.49. The highest BCUT2D eigenvalue weighted by molar-refractivity contribution is 5.95. The summed E-state index contributed by atoms with van der Waals surface area (Å²) in [6.45, 7) is 1.78. The van der Waals surface area contributed by atoms with Crippen LogP contribution in [0.15, 0.2) is 28.8 Å². The summed E-state index contributed by atoms with van der Waals surface area (Å²) in [5.41, 5.74) is 1.12. The van der Waals surface area contributed by atoms with Gasteiger partial charge in [-0.05, 0) is 49.4 Å². The molecule has 1 amide bonds. The lowest BCUT2D eigenvalue weighted by Crippen LogP contribution is -2.47. The Bertz CT molecular complexity index is 986. The molecule has 0 unspecified atom stereocenters. The Labute approximate surface area is 188 Å². The van der Waals surface area contributed by atoms with Crippen molar-refractivity contribution in [3.8, 4) is 11.5 Å². The van der Waals surface area contributed by atoms with Crippen LogP contribution in [0.4, 0.5) is 18.9 Å². The molecule has 0 spiro atoms. The number of benzene rings is 1. The van der Waals surface area contributed by atoms with Gasteiger partial charge in [-0.3, -0.25) is 4.79 Å². The van der Waals surface area contributed by atoms with E-state index in [1.165, 1.54) is 0 Å². The zero-order valence-corrected chi connectivity index (χ0v) is 18.1. The van der Waals surface area contributed by atoms with Gasteiger partial charge in [-0.2, -0.15) is 18.2 Å². The molecule has 1 N–H and O–H groups in total. The molecule has 2 fully saturated rings. The van der Waals surface area contributed by atoms with Crippen molar-refractivity contribution in [1.29, 1.82) is 0 Å². The third-order valence-corrected chi connectivity index (χ3v) is 6.28. The maximum absolute atomic E-state index is 13.2.